The molecule has 2 aromatic rings. The van der Waals surface area contributed by atoms with Crippen molar-refractivity contribution in [2.24, 2.45) is 0 Å². The Morgan fingerprint density at radius 1 is 1.25 bits per heavy atom. The molecule has 2 nitrogen and oxygen atoms in total. The SMILES string of the molecule is CC.CCc1ccc2c(cnn2C(C)C)c1. The molecule has 0 fully saturated rings. The van der Waals surface area contributed by atoms with Crippen molar-refractivity contribution in [2.45, 2.75) is 47.1 Å². The molecule has 0 atom stereocenters. The summed E-state index contributed by atoms with van der Waals surface area (Å²) >= 11 is 0. The summed E-state index contributed by atoms with van der Waals surface area (Å²) < 4.78 is 2.06. The van der Waals surface area contributed by atoms with Gasteiger partial charge in [0.05, 0.1) is 11.7 Å². The van der Waals surface area contributed by atoms with E-state index in [9.17, 15) is 0 Å². The number of fused-ring (bicyclic) bond motifs is 1. The minimum atomic E-state index is 0.431. The Kier molecular flexibility index (Phi) is 4.53. The van der Waals surface area contributed by atoms with Gasteiger partial charge in [-0.3, -0.25) is 4.68 Å². The topological polar surface area (TPSA) is 17.8 Å². The molecule has 0 saturated heterocycles. The molecule has 0 aliphatic heterocycles. The lowest BCUT2D eigenvalue weighted by Crippen LogP contribution is -2.01. The third-order valence-electron chi connectivity index (χ3n) is 2.56. The molecular formula is C14H22N2. The zero-order valence-electron chi connectivity index (χ0n) is 11.0. The zero-order chi connectivity index (χ0) is 12.1. The Labute approximate surface area is 98.3 Å². The van der Waals surface area contributed by atoms with Gasteiger partial charge in [-0.2, -0.15) is 5.10 Å². The van der Waals surface area contributed by atoms with Gasteiger partial charge < -0.3 is 0 Å². The molecule has 0 radical (unpaired) electrons. The van der Waals surface area contributed by atoms with E-state index in [0.29, 0.717) is 6.04 Å². The molecule has 0 saturated carbocycles. The third-order valence-corrected chi connectivity index (χ3v) is 2.56. The Morgan fingerprint density at radius 3 is 2.50 bits per heavy atom. The Balaban J connectivity index is 0.000000606. The summed E-state index contributed by atoms with van der Waals surface area (Å²) in [6, 6.07) is 7.01. The van der Waals surface area contributed by atoms with Gasteiger partial charge >= 0.3 is 0 Å². The first-order chi connectivity index (χ1) is 7.72. The maximum Gasteiger partial charge on any atom is 0.0685 e. The van der Waals surface area contributed by atoms with Crippen molar-refractivity contribution in [3.63, 3.8) is 0 Å². The normalized spacial score (nSPS) is 10.4. The number of hydrogen-bond acceptors (Lipinski definition) is 1. The van der Waals surface area contributed by atoms with Crippen molar-refractivity contribution in [1.29, 1.82) is 0 Å². The molecule has 88 valence electrons. The predicted molar refractivity (Wildman–Crippen MR) is 70.8 cm³/mol. The van der Waals surface area contributed by atoms with Gasteiger partial charge in [0.15, 0.2) is 0 Å². The molecule has 0 N–H and O–H groups in total. The first-order valence-electron chi connectivity index (χ1n) is 6.18. The van der Waals surface area contributed by atoms with Crippen LogP contribution in [-0.2, 0) is 6.42 Å². The van der Waals surface area contributed by atoms with E-state index in [2.05, 4.69) is 48.8 Å². The van der Waals surface area contributed by atoms with Gasteiger partial charge in [0.1, 0.15) is 0 Å². The number of hydrogen-bond donors (Lipinski definition) is 0. The average Bonchev–Trinajstić information content (AvgIpc) is 2.74. The molecule has 16 heavy (non-hydrogen) atoms. The summed E-state index contributed by atoms with van der Waals surface area (Å²) in [5, 5.41) is 5.64. The summed E-state index contributed by atoms with van der Waals surface area (Å²) in [5.41, 5.74) is 2.61. The standard InChI is InChI=1S/C12H16N2.C2H6/c1-4-10-5-6-12-11(7-10)8-13-14(12)9(2)3;1-2/h5-9H,4H2,1-3H3;1-2H3. The van der Waals surface area contributed by atoms with Gasteiger partial charge in [-0.15, -0.1) is 0 Å². The van der Waals surface area contributed by atoms with Crippen LogP contribution in [0.15, 0.2) is 24.4 Å². The van der Waals surface area contributed by atoms with Crippen LogP contribution in [0.2, 0.25) is 0 Å². The molecule has 1 heterocycles. The van der Waals surface area contributed by atoms with E-state index in [4.69, 9.17) is 0 Å². The minimum absolute atomic E-state index is 0.431. The average molecular weight is 218 g/mol. The van der Waals surface area contributed by atoms with Crippen molar-refractivity contribution in [3.05, 3.63) is 30.0 Å². The largest absolute Gasteiger partial charge is 0.262 e. The maximum atomic E-state index is 4.39. The first kappa shape index (κ1) is 12.8. The lowest BCUT2D eigenvalue weighted by Gasteiger charge is -2.06. The van der Waals surface area contributed by atoms with Crippen LogP contribution in [0.3, 0.4) is 0 Å². The van der Waals surface area contributed by atoms with Crippen LogP contribution in [0.4, 0.5) is 0 Å². The van der Waals surface area contributed by atoms with Crippen molar-refractivity contribution in [2.75, 3.05) is 0 Å². The van der Waals surface area contributed by atoms with Crippen LogP contribution in [0.5, 0.6) is 0 Å². The second kappa shape index (κ2) is 5.69. The lowest BCUT2D eigenvalue weighted by atomic mass is 10.1. The van der Waals surface area contributed by atoms with Crippen LogP contribution >= 0.6 is 0 Å². The molecule has 0 aliphatic carbocycles. The highest BCUT2D eigenvalue weighted by molar-refractivity contribution is 5.79. The van der Waals surface area contributed by atoms with E-state index in [1.165, 1.54) is 16.5 Å². The molecule has 2 heteroatoms. The van der Waals surface area contributed by atoms with E-state index in [-0.39, 0.29) is 0 Å². The molecule has 0 aliphatic rings. The minimum Gasteiger partial charge on any atom is -0.262 e. The van der Waals surface area contributed by atoms with Crippen molar-refractivity contribution < 1.29 is 0 Å². The summed E-state index contributed by atoms with van der Waals surface area (Å²) in [6.45, 7) is 10.5. The molecule has 0 bridgehead atoms. The molecule has 2 rings (SSSR count). The summed E-state index contributed by atoms with van der Waals surface area (Å²) in [6.07, 6.45) is 3.04. The number of nitrogens with zero attached hydrogens (tertiary/aromatic N) is 2. The molecule has 0 unspecified atom stereocenters. The van der Waals surface area contributed by atoms with E-state index in [0.717, 1.165) is 6.42 Å². The highest BCUT2D eigenvalue weighted by Crippen LogP contribution is 2.19. The smallest absolute Gasteiger partial charge is 0.0685 e. The van der Waals surface area contributed by atoms with Crippen LogP contribution < -0.4 is 0 Å². The first-order valence-corrected chi connectivity index (χ1v) is 6.18. The van der Waals surface area contributed by atoms with Gasteiger partial charge in [0, 0.05) is 11.4 Å². The number of rotatable bonds is 2. The number of benzene rings is 1. The highest BCUT2D eigenvalue weighted by Gasteiger charge is 2.05. The van der Waals surface area contributed by atoms with Gasteiger partial charge in [0.2, 0.25) is 0 Å². The van der Waals surface area contributed by atoms with E-state index in [1.807, 2.05) is 20.0 Å². The van der Waals surface area contributed by atoms with Gasteiger partial charge in [-0.25, -0.2) is 0 Å². The van der Waals surface area contributed by atoms with E-state index in [1.54, 1.807) is 0 Å². The second-order valence-electron chi connectivity index (χ2n) is 3.93. The lowest BCUT2D eigenvalue weighted by molar-refractivity contribution is 0.551. The van der Waals surface area contributed by atoms with Gasteiger partial charge in [0.25, 0.3) is 0 Å². The van der Waals surface area contributed by atoms with E-state index >= 15 is 0 Å². The fourth-order valence-electron chi connectivity index (χ4n) is 1.73. The summed E-state index contributed by atoms with van der Waals surface area (Å²) in [5.74, 6) is 0. The van der Waals surface area contributed by atoms with E-state index < -0.39 is 0 Å². The predicted octanol–water partition coefficient (Wildman–Crippen LogP) is 4.21. The summed E-state index contributed by atoms with van der Waals surface area (Å²) in [4.78, 5) is 0. The van der Waals surface area contributed by atoms with Gasteiger partial charge in [-0.1, -0.05) is 26.8 Å². The molecular weight excluding hydrogens is 196 g/mol. The van der Waals surface area contributed by atoms with Crippen LogP contribution in [0.25, 0.3) is 10.9 Å². The van der Waals surface area contributed by atoms with Crippen molar-refractivity contribution in [3.8, 4) is 0 Å². The second-order valence-corrected chi connectivity index (χ2v) is 3.93. The van der Waals surface area contributed by atoms with Crippen molar-refractivity contribution in [1.82, 2.24) is 9.78 Å². The number of aryl methyl sites for hydroxylation is 1. The zero-order valence-corrected chi connectivity index (χ0v) is 11.0. The van der Waals surface area contributed by atoms with Crippen LogP contribution in [0, 0.1) is 0 Å². The Hall–Kier alpha value is -1.31. The Morgan fingerprint density at radius 2 is 1.94 bits per heavy atom. The fraction of sp³-hybridized carbons (Fsp3) is 0.500. The van der Waals surface area contributed by atoms with Crippen molar-refractivity contribution >= 4 is 10.9 Å². The quantitative estimate of drug-likeness (QED) is 0.738. The highest BCUT2D eigenvalue weighted by atomic mass is 15.3. The molecule has 0 amide bonds. The maximum absolute atomic E-state index is 4.39. The Bertz CT molecular complexity index is 441. The van der Waals surface area contributed by atoms with Gasteiger partial charge in [-0.05, 0) is 38.0 Å². The monoisotopic (exact) mass is 218 g/mol. The molecule has 1 aromatic heterocycles. The fourth-order valence-corrected chi connectivity index (χ4v) is 1.73. The molecule has 0 spiro atoms. The third kappa shape index (κ3) is 2.43. The summed E-state index contributed by atoms with van der Waals surface area (Å²) in [7, 11) is 0. The molecule has 1 aromatic carbocycles. The number of aromatic nitrogens is 2. The van der Waals surface area contributed by atoms with Crippen LogP contribution in [0.1, 0.15) is 46.2 Å². The van der Waals surface area contributed by atoms with Crippen LogP contribution in [-0.4, -0.2) is 9.78 Å².